The summed E-state index contributed by atoms with van der Waals surface area (Å²) in [5, 5.41) is 0. The molecule has 0 saturated carbocycles. The van der Waals surface area contributed by atoms with E-state index < -0.39 is 0 Å². The van der Waals surface area contributed by atoms with Gasteiger partial charge in [-0.05, 0) is 37.1 Å². The molecule has 2 aromatic carbocycles. The molecule has 0 aromatic heterocycles. The second-order valence-electron chi connectivity index (χ2n) is 4.17. The number of carbonyl (C=O) groups is 1. The number of esters is 1. The van der Waals surface area contributed by atoms with Gasteiger partial charge in [0.25, 0.3) is 0 Å². The Kier molecular flexibility index (Phi) is 3.78. The third-order valence-corrected chi connectivity index (χ3v) is 2.76. The molecule has 0 aliphatic rings. The van der Waals surface area contributed by atoms with E-state index in [1.807, 2.05) is 25.1 Å². The molecule has 2 heteroatoms. The Bertz CT molecular complexity index is 541. The van der Waals surface area contributed by atoms with Crippen LogP contribution < -0.4 is 0 Å². The monoisotopic (exact) mass is 240 g/mol. The molecule has 92 valence electrons. The molecule has 0 fully saturated rings. The SMILES string of the molecule is CCOC(=O)c1cccc(-c2ccc(C)cc2)c1. The molecule has 0 amide bonds. The number of hydrogen-bond acceptors (Lipinski definition) is 2. The van der Waals surface area contributed by atoms with Crippen molar-refractivity contribution in [3.63, 3.8) is 0 Å². The highest BCUT2D eigenvalue weighted by Crippen LogP contribution is 2.21. The normalized spacial score (nSPS) is 10.1. The average Bonchev–Trinajstić information content (AvgIpc) is 2.40. The third-order valence-electron chi connectivity index (χ3n) is 2.76. The van der Waals surface area contributed by atoms with Gasteiger partial charge in [-0.1, -0.05) is 42.0 Å². The van der Waals surface area contributed by atoms with Crippen molar-refractivity contribution in [2.24, 2.45) is 0 Å². The van der Waals surface area contributed by atoms with Crippen molar-refractivity contribution in [3.05, 3.63) is 59.7 Å². The number of hydrogen-bond donors (Lipinski definition) is 0. The summed E-state index contributed by atoms with van der Waals surface area (Å²) in [5.41, 5.74) is 3.95. The van der Waals surface area contributed by atoms with Crippen LogP contribution in [0, 0.1) is 6.92 Å². The second-order valence-corrected chi connectivity index (χ2v) is 4.17. The van der Waals surface area contributed by atoms with Gasteiger partial charge in [-0.25, -0.2) is 4.79 Å². The van der Waals surface area contributed by atoms with Crippen LogP contribution in [0.15, 0.2) is 48.5 Å². The van der Waals surface area contributed by atoms with Gasteiger partial charge in [-0.15, -0.1) is 0 Å². The molecular formula is C16H16O2. The van der Waals surface area contributed by atoms with Gasteiger partial charge in [0.15, 0.2) is 0 Å². The van der Waals surface area contributed by atoms with Crippen LogP contribution in [0.4, 0.5) is 0 Å². The lowest BCUT2D eigenvalue weighted by Gasteiger charge is -2.05. The summed E-state index contributed by atoms with van der Waals surface area (Å²) in [6.07, 6.45) is 0. The number of ether oxygens (including phenoxy) is 1. The first-order valence-corrected chi connectivity index (χ1v) is 6.05. The molecule has 0 unspecified atom stereocenters. The van der Waals surface area contributed by atoms with E-state index in [2.05, 4.69) is 31.2 Å². The minimum absolute atomic E-state index is 0.272. The molecular weight excluding hydrogens is 224 g/mol. The van der Waals surface area contributed by atoms with Crippen LogP contribution in [0.3, 0.4) is 0 Å². The Labute approximate surface area is 107 Å². The van der Waals surface area contributed by atoms with Crippen molar-refractivity contribution < 1.29 is 9.53 Å². The molecule has 2 aromatic rings. The molecule has 0 spiro atoms. The van der Waals surface area contributed by atoms with Crippen molar-refractivity contribution in [1.82, 2.24) is 0 Å². The first kappa shape index (κ1) is 12.4. The smallest absolute Gasteiger partial charge is 0.338 e. The molecule has 0 heterocycles. The number of carbonyl (C=O) groups excluding carboxylic acids is 1. The third kappa shape index (κ3) is 2.77. The van der Waals surface area contributed by atoms with E-state index in [1.54, 1.807) is 6.07 Å². The molecule has 2 nitrogen and oxygen atoms in total. The van der Waals surface area contributed by atoms with Gasteiger partial charge in [0.05, 0.1) is 12.2 Å². The summed E-state index contributed by atoms with van der Waals surface area (Å²) in [6, 6.07) is 15.7. The fourth-order valence-electron chi connectivity index (χ4n) is 1.79. The molecule has 0 bridgehead atoms. The molecule has 0 aliphatic carbocycles. The average molecular weight is 240 g/mol. The lowest BCUT2D eigenvalue weighted by molar-refractivity contribution is 0.0526. The highest BCUT2D eigenvalue weighted by atomic mass is 16.5. The molecule has 0 saturated heterocycles. The summed E-state index contributed by atoms with van der Waals surface area (Å²) in [7, 11) is 0. The molecule has 0 atom stereocenters. The summed E-state index contributed by atoms with van der Waals surface area (Å²) in [4.78, 5) is 11.7. The van der Waals surface area contributed by atoms with Gasteiger partial charge >= 0.3 is 5.97 Å². The zero-order valence-corrected chi connectivity index (χ0v) is 10.6. The lowest BCUT2D eigenvalue weighted by atomic mass is 10.0. The van der Waals surface area contributed by atoms with E-state index in [-0.39, 0.29) is 5.97 Å². The molecule has 2 rings (SSSR count). The van der Waals surface area contributed by atoms with Gasteiger partial charge in [-0.2, -0.15) is 0 Å². The van der Waals surface area contributed by atoms with E-state index in [1.165, 1.54) is 5.56 Å². The summed E-state index contributed by atoms with van der Waals surface area (Å²) in [5.74, 6) is -0.272. The van der Waals surface area contributed by atoms with Crippen molar-refractivity contribution in [3.8, 4) is 11.1 Å². The van der Waals surface area contributed by atoms with Crippen molar-refractivity contribution >= 4 is 5.97 Å². The summed E-state index contributed by atoms with van der Waals surface area (Å²) >= 11 is 0. The lowest BCUT2D eigenvalue weighted by Crippen LogP contribution is -2.04. The Balaban J connectivity index is 2.32. The standard InChI is InChI=1S/C16H16O2/c1-3-18-16(17)15-6-4-5-14(11-15)13-9-7-12(2)8-10-13/h4-11H,3H2,1-2H3. The van der Waals surface area contributed by atoms with E-state index in [0.29, 0.717) is 12.2 Å². The Morgan fingerprint density at radius 2 is 1.78 bits per heavy atom. The van der Waals surface area contributed by atoms with E-state index in [0.717, 1.165) is 11.1 Å². The predicted molar refractivity (Wildman–Crippen MR) is 72.6 cm³/mol. The minimum atomic E-state index is -0.272. The topological polar surface area (TPSA) is 26.3 Å². The van der Waals surface area contributed by atoms with Gasteiger partial charge < -0.3 is 4.74 Å². The van der Waals surface area contributed by atoms with Gasteiger partial charge in [0, 0.05) is 0 Å². The fraction of sp³-hybridized carbons (Fsp3) is 0.188. The van der Waals surface area contributed by atoms with Crippen LogP contribution in [0.1, 0.15) is 22.8 Å². The highest BCUT2D eigenvalue weighted by Gasteiger charge is 2.07. The minimum Gasteiger partial charge on any atom is -0.462 e. The van der Waals surface area contributed by atoms with Crippen LogP contribution in [0.2, 0.25) is 0 Å². The number of aryl methyl sites for hydroxylation is 1. The van der Waals surface area contributed by atoms with Gasteiger partial charge in [-0.3, -0.25) is 0 Å². The molecule has 0 aliphatic heterocycles. The maximum atomic E-state index is 11.7. The highest BCUT2D eigenvalue weighted by molar-refractivity contribution is 5.91. The van der Waals surface area contributed by atoms with Crippen LogP contribution in [0.25, 0.3) is 11.1 Å². The van der Waals surface area contributed by atoms with E-state index >= 15 is 0 Å². The quantitative estimate of drug-likeness (QED) is 0.762. The van der Waals surface area contributed by atoms with Crippen LogP contribution >= 0.6 is 0 Å². The second kappa shape index (κ2) is 5.50. The maximum Gasteiger partial charge on any atom is 0.338 e. The van der Waals surface area contributed by atoms with Gasteiger partial charge in [0.1, 0.15) is 0 Å². The molecule has 18 heavy (non-hydrogen) atoms. The Hall–Kier alpha value is -2.09. The first-order valence-electron chi connectivity index (χ1n) is 6.05. The Morgan fingerprint density at radius 3 is 2.44 bits per heavy atom. The zero-order valence-electron chi connectivity index (χ0n) is 10.6. The van der Waals surface area contributed by atoms with Crippen molar-refractivity contribution in [1.29, 1.82) is 0 Å². The van der Waals surface area contributed by atoms with Crippen molar-refractivity contribution in [2.75, 3.05) is 6.61 Å². The zero-order chi connectivity index (χ0) is 13.0. The maximum absolute atomic E-state index is 11.7. The molecule has 0 radical (unpaired) electrons. The summed E-state index contributed by atoms with van der Waals surface area (Å²) in [6.45, 7) is 4.26. The van der Waals surface area contributed by atoms with Crippen LogP contribution in [-0.4, -0.2) is 12.6 Å². The van der Waals surface area contributed by atoms with Crippen LogP contribution in [-0.2, 0) is 4.74 Å². The molecule has 0 N–H and O–H groups in total. The number of benzene rings is 2. The van der Waals surface area contributed by atoms with E-state index in [4.69, 9.17) is 4.74 Å². The largest absolute Gasteiger partial charge is 0.462 e. The number of rotatable bonds is 3. The van der Waals surface area contributed by atoms with Crippen LogP contribution in [0.5, 0.6) is 0 Å². The van der Waals surface area contributed by atoms with Gasteiger partial charge in [0.2, 0.25) is 0 Å². The van der Waals surface area contributed by atoms with Crippen molar-refractivity contribution in [2.45, 2.75) is 13.8 Å². The first-order chi connectivity index (χ1) is 8.70. The fourth-order valence-corrected chi connectivity index (χ4v) is 1.79. The summed E-state index contributed by atoms with van der Waals surface area (Å²) < 4.78 is 5.00. The predicted octanol–water partition coefficient (Wildman–Crippen LogP) is 3.84. The Morgan fingerprint density at radius 1 is 1.06 bits per heavy atom. The van der Waals surface area contributed by atoms with E-state index in [9.17, 15) is 4.79 Å².